The highest BCUT2D eigenvalue weighted by Crippen LogP contribution is 2.24. The van der Waals surface area contributed by atoms with Crippen LogP contribution in [-0.2, 0) is 12.8 Å². The molecular weight excluding hydrogens is 266 g/mol. The molecule has 1 saturated heterocycles. The van der Waals surface area contributed by atoms with Gasteiger partial charge in [-0.05, 0) is 54.7 Å². The zero-order valence-electron chi connectivity index (χ0n) is 14.1. The first-order chi connectivity index (χ1) is 10.6. The third kappa shape index (κ3) is 4.64. The average Bonchev–Trinajstić information content (AvgIpc) is 2.50. The van der Waals surface area contributed by atoms with E-state index in [2.05, 4.69) is 61.9 Å². The van der Waals surface area contributed by atoms with Crippen LogP contribution in [0.15, 0.2) is 54.9 Å². The van der Waals surface area contributed by atoms with Crippen LogP contribution in [0.1, 0.15) is 37.8 Å². The molecule has 0 radical (unpaired) electrons. The molecule has 1 aromatic rings. The van der Waals surface area contributed by atoms with E-state index in [4.69, 9.17) is 0 Å². The van der Waals surface area contributed by atoms with E-state index < -0.39 is 0 Å². The Hall–Kier alpha value is -1.72. The van der Waals surface area contributed by atoms with Crippen LogP contribution in [-0.4, -0.2) is 18.0 Å². The van der Waals surface area contributed by atoms with Crippen molar-refractivity contribution in [2.45, 2.75) is 39.5 Å². The molecule has 0 aliphatic carbocycles. The number of benzene rings is 1. The van der Waals surface area contributed by atoms with Gasteiger partial charge in [0.25, 0.3) is 0 Å². The van der Waals surface area contributed by atoms with E-state index in [0.717, 1.165) is 30.6 Å². The van der Waals surface area contributed by atoms with Gasteiger partial charge in [-0.1, -0.05) is 51.3 Å². The second kappa shape index (κ2) is 8.06. The van der Waals surface area contributed by atoms with E-state index in [1.54, 1.807) is 0 Å². The van der Waals surface area contributed by atoms with Crippen LogP contribution in [0.4, 0.5) is 0 Å². The van der Waals surface area contributed by atoms with Crippen molar-refractivity contribution in [2.75, 3.05) is 13.1 Å². The Labute approximate surface area is 136 Å². The van der Waals surface area contributed by atoms with Gasteiger partial charge in [0.15, 0.2) is 0 Å². The van der Waals surface area contributed by atoms with Gasteiger partial charge >= 0.3 is 0 Å². The van der Waals surface area contributed by atoms with Crippen molar-refractivity contribution in [1.29, 1.82) is 0 Å². The fourth-order valence-electron chi connectivity index (χ4n) is 3.38. The smallest absolute Gasteiger partial charge is 0.0787 e. The number of hydrogen-bond acceptors (Lipinski definition) is 1. The fourth-order valence-corrected chi connectivity index (χ4v) is 3.38. The second-order valence-corrected chi connectivity index (χ2v) is 6.82. The lowest BCUT2D eigenvalue weighted by Gasteiger charge is -2.33. The van der Waals surface area contributed by atoms with Gasteiger partial charge in [-0.15, -0.1) is 5.73 Å². The fraction of sp³-hybridized carbons (Fsp3) is 0.476. The van der Waals surface area contributed by atoms with Crippen molar-refractivity contribution in [2.24, 2.45) is 11.8 Å². The average molecular weight is 295 g/mol. The molecule has 118 valence electrons. The molecule has 1 aromatic carbocycles. The molecule has 0 unspecified atom stereocenters. The van der Waals surface area contributed by atoms with E-state index in [1.807, 2.05) is 6.08 Å². The maximum Gasteiger partial charge on any atom is 0.0787 e. The topological polar surface area (TPSA) is 3.24 Å². The summed E-state index contributed by atoms with van der Waals surface area (Å²) in [4.78, 5) is 2.35. The van der Waals surface area contributed by atoms with Crippen molar-refractivity contribution in [3.8, 4) is 0 Å². The largest absolute Gasteiger partial charge is 0.365 e. The molecule has 0 atom stereocenters. The van der Waals surface area contributed by atoms with E-state index >= 15 is 0 Å². The summed E-state index contributed by atoms with van der Waals surface area (Å²) in [6, 6.07) is 9.18. The first-order valence-corrected chi connectivity index (χ1v) is 8.47. The number of hydrogen-bond donors (Lipinski definition) is 0. The summed E-state index contributed by atoms with van der Waals surface area (Å²) in [6.07, 6.45) is 6.74. The monoisotopic (exact) mass is 295 g/mol. The first-order valence-electron chi connectivity index (χ1n) is 8.47. The molecule has 0 bridgehead atoms. The number of rotatable bonds is 6. The van der Waals surface area contributed by atoms with Crippen LogP contribution in [0.3, 0.4) is 0 Å². The minimum atomic E-state index is 0.724. The van der Waals surface area contributed by atoms with Gasteiger partial charge in [0, 0.05) is 13.1 Å². The highest BCUT2D eigenvalue weighted by Gasteiger charge is 2.20. The van der Waals surface area contributed by atoms with Crippen LogP contribution in [0.2, 0.25) is 0 Å². The minimum absolute atomic E-state index is 0.724. The summed E-state index contributed by atoms with van der Waals surface area (Å²) >= 11 is 0. The highest BCUT2D eigenvalue weighted by atomic mass is 15.1. The summed E-state index contributed by atoms with van der Waals surface area (Å²) < 4.78 is 0. The molecule has 1 heteroatoms. The number of piperidine rings is 1. The summed E-state index contributed by atoms with van der Waals surface area (Å²) in [5.41, 5.74) is 7.02. The summed E-state index contributed by atoms with van der Waals surface area (Å²) in [6.45, 7) is 14.4. The standard InChI is InChI=1S/C21H29N/c1-5-21(6-2)22-12-10-18(11-13-22)15-20-9-7-8-19(16-20)14-17(3)4/h5,7-9,16-18H,1-2,10-15H2,3-4H3. The molecular formula is C21H29N. The van der Waals surface area contributed by atoms with Crippen LogP contribution in [0.25, 0.3) is 0 Å². The van der Waals surface area contributed by atoms with Crippen LogP contribution in [0, 0.1) is 11.8 Å². The first kappa shape index (κ1) is 16.6. The molecule has 0 aromatic heterocycles. The Balaban J connectivity index is 1.91. The predicted molar refractivity (Wildman–Crippen MR) is 95.8 cm³/mol. The Morgan fingerprint density at radius 1 is 1.32 bits per heavy atom. The van der Waals surface area contributed by atoms with Gasteiger partial charge < -0.3 is 4.90 Å². The van der Waals surface area contributed by atoms with E-state index in [9.17, 15) is 0 Å². The molecule has 1 nitrogen and oxygen atoms in total. The molecule has 1 fully saturated rings. The number of nitrogens with zero attached hydrogens (tertiary/aromatic N) is 1. The number of likely N-dealkylation sites (tertiary alicyclic amines) is 1. The SMILES string of the molecule is C=C=C(C=C)N1CCC(Cc2cccc(CC(C)C)c2)CC1. The van der Waals surface area contributed by atoms with E-state index in [0.29, 0.717) is 0 Å². The second-order valence-electron chi connectivity index (χ2n) is 6.82. The van der Waals surface area contributed by atoms with Crippen LogP contribution >= 0.6 is 0 Å². The van der Waals surface area contributed by atoms with Crippen molar-refractivity contribution in [3.05, 3.63) is 66.1 Å². The molecule has 1 aliphatic rings. The van der Waals surface area contributed by atoms with Gasteiger partial charge in [-0.25, -0.2) is 0 Å². The van der Waals surface area contributed by atoms with Gasteiger partial charge in [0.2, 0.25) is 0 Å². The summed E-state index contributed by atoms with van der Waals surface area (Å²) in [7, 11) is 0. The van der Waals surface area contributed by atoms with Gasteiger partial charge in [-0.3, -0.25) is 0 Å². The Kier molecular flexibility index (Phi) is 6.10. The molecule has 0 amide bonds. The normalized spacial score (nSPS) is 15.7. The summed E-state index contributed by atoms with van der Waals surface area (Å²) in [5.74, 6) is 1.52. The molecule has 0 N–H and O–H groups in total. The third-order valence-electron chi connectivity index (χ3n) is 4.49. The number of allylic oxidation sites excluding steroid dienone is 1. The van der Waals surface area contributed by atoms with E-state index in [1.165, 1.54) is 36.8 Å². The molecule has 0 saturated carbocycles. The maximum absolute atomic E-state index is 3.85. The lowest BCUT2D eigenvalue weighted by molar-refractivity contribution is 0.231. The molecule has 1 heterocycles. The van der Waals surface area contributed by atoms with Crippen molar-refractivity contribution in [1.82, 2.24) is 4.90 Å². The summed E-state index contributed by atoms with van der Waals surface area (Å²) in [5, 5.41) is 0. The lowest BCUT2D eigenvalue weighted by Crippen LogP contribution is -2.33. The van der Waals surface area contributed by atoms with Crippen molar-refractivity contribution in [3.63, 3.8) is 0 Å². The van der Waals surface area contributed by atoms with Crippen molar-refractivity contribution < 1.29 is 0 Å². The minimum Gasteiger partial charge on any atom is -0.365 e. The van der Waals surface area contributed by atoms with E-state index in [-0.39, 0.29) is 0 Å². The van der Waals surface area contributed by atoms with Gasteiger partial charge in [0.1, 0.15) is 0 Å². The lowest BCUT2D eigenvalue weighted by atomic mass is 9.89. The Bertz CT molecular complexity index is 541. The molecule has 0 spiro atoms. The predicted octanol–water partition coefficient (Wildman–Crippen LogP) is 4.99. The molecule has 22 heavy (non-hydrogen) atoms. The van der Waals surface area contributed by atoms with Crippen LogP contribution in [0.5, 0.6) is 0 Å². The maximum atomic E-state index is 3.85. The van der Waals surface area contributed by atoms with Crippen molar-refractivity contribution >= 4 is 0 Å². The van der Waals surface area contributed by atoms with Gasteiger partial charge in [0.05, 0.1) is 5.70 Å². The Morgan fingerprint density at radius 2 is 2.00 bits per heavy atom. The zero-order chi connectivity index (χ0) is 15.9. The quantitative estimate of drug-likeness (QED) is 0.527. The van der Waals surface area contributed by atoms with Crippen LogP contribution < -0.4 is 0 Å². The molecule has 2 rings (SSSR count). The highest BCUT2D eigenvalue weighted by molar-refractivity contribution is 5.24. The third-order valence-corrected chi connectivity index (χ3v) is 4.49. The Morgan fingerprint density at radius 3 is 2.59 bits per heavy atom. The zero-order valence-corrected chi connectivity index (χ0v) is 14.1. The molecule has 1 aliphatic heterocycles. The van der Waals surface area contributed by atoms with Gasteiger partial charge in [-0.2, -0.15) is 0 Å².